The van der Waals surface area contributed by atoms with E-state index in [-0.39, 0.29) is 6.61 Å². The molecule has 0 aliphatic heterocycles. The molecule has 0 atom stereocenters. The van der Waals surface area contributed by atoms with Crippen molar-refractivity contribution in [2.75, 3.05) is 13.2 Å². The van der Waals surface area contributed by atoms with Crippen molar-refractivity contribution in [3.8, 4) is 11.5 Å². The Labute approximate surface area is 168 Å². The van der Waals surface area contributed by atoms with Gasteiger partial charge in [-0.25, -0.2) is 0 Å². The van der Waals surface area contributed by atoms with Crippen LogP contribution < -0.4 is 20.3 Å². The number of hydrogen-bond acceptors (Lipinski definition) is 4. The van der Waals surface area contributed by atoms with Gasteiger partial charge in [0.2, 0.25) is 0 Å². The van der Waals surface area contributed by atoms with Crippen molar-refractivity contribution in [1.82, 2.24) is 10.9 Å². The topological polar surface area (TPSA) is 76.7 Å². The normalized spacial score (nSPS) is 10.1. The molecule has 0 saturated heterocycles. The molecule has 2 amide bonds. The van der Waals surface area contributed by atoms with Gasteiger partial charge in [-0.05, 0) is 64.8 Å². The number of amides is 2. The zero-order valence-electron chi connectivity index (χ0n) is 14.1. The van der Waals surface area contributed by atoms with Crippen molar-refractivity contribution >= 4 is 43.7 Å². The minimum absolute atomic E-state index is 0.232. The molecular weight excluding hydrogens is 468 g/mol. The van der Waals surface area contributed by atoms with Crippen LogP contribution in [0.25, 0.3) is 0 Å². The summed E-state index contributed by atoms with van der Waals surface area (Å²) in [5.74, 6) is 0.319. The summed E-state index contributed by atoms with van der Waals surface area (Å²) in [6, 6.07) is 12.0. The predicted octanol–water partition coefficient (Wildman–Crippen LogP) is 3.84. The SMILES string of the molecule is CCCOc1ccc(C(=O)NNC(=O)COc2ccc(Br)cc2Br)cc1. The molecule has 8 heteroatoms. The molecule has 0 saturated carbocycles. The second-order valence-corrected chi connectivity index (χ2v) is 7.01. The summed E-state index contributed by atoms with van der Waals surface area (Å²) in [7, 11) is 0. The highest BCUT2D eigenvalue weighted by Gasteiger charge is 2.09. The minimum atomic E-state index is -0.476. The molecule has 0 aliphatic rings. The van der Waals surface area contributed by atoms with E-state index in [0.717, 1.165) is 10.9 Å². The quantitative estimate of drug-likeness (QED) is 0.584. The lowest BCUT2D eigenvalue weighted by Crippen LogP contribution is -2.43. The molecule has 0 bridgehead atoms. The molecular formula is C18H18Br2N2O4. The van der Waals surface area contributed by atoms with Gasteiger partial charge in [-0.15, -0.1) is 0 Å². The summed E-state index contributed by atoms with van der Waals surface area (Å²) in [4.78, 5) is 23.8. The second kappa shape index (κ2) is 10.2. The fourth-order valence-electron chi connectivity index (χ4n) is 1.89. The van der Waals surface area contributed by atoms with Crippen molar-refractivity contribution in [3.63, 3.8) is 0 Å². The highest BCUT2D eigenvalue weighted by molar-refractivity contribution is 9.11. The summed E-state index contributed by atoms with van der Waals surface area (Å²) in [6.45, 7) is 2.41. The second-order valence-electron chi connectivity index (χ2n) is 5.24. The lowest BCUT2D eigenvalue weighted by molar-refractivity contribution is -0.123. The molecule has 0 aromatic heterocycles. The Morgan fingerprint density at radius 3 is 2.38 bits per heavy atom. The van der Waals surface area contributed by atoms with E-state index in [9.17, 15) is 9.59 Å². The van der Waals surface area contributed by atoms with E-state index < -0.39 is 11.8 Å². The fourth-order valence-corrected chi connectivity index (χ4v) is 3.05. The molecule has 26 heavy (non-hydrogen) atoms. The van der Waals surface area contributed by atoms with Gasteiger partial charge in [0.1, 0.15) is 11.5 Å². The molecule has 2 aromatic carbocycles. The van der Waals surface area contributed by atoms with Crippen LogP contribution in [0.2, 0.25) is 0 Å². The lowest BCUT2D eigenvalue weighted by Gasteiger charge is -2.10. The van der Waals surface area contributed by atoms with Crippen LogP contribution in [0.4, 0.5) is 0 Å². The van der Waals surface area contributed by atoms with Crippen molar-refractivity contribution in [1.29, 1.82) is 0 Å². The van der Waals surface area contributed by atoms with Crippen LogP contribution >= 0.6 is 31.9 Å². The van der Waals surface area contributed by atoms with E-state index in [4.69, 9.17) is 9.47 Å². The predicted molar refractivity (Wildman–Crippen MR) is 105 cm³/mol. The van der Waals surface area contributed by atoms with Crippen LogP contribution in [0.1, 0.15) is 23.7 Å². The first-order valence-corrected chi connectivity index (χ1v) is 9.48. The number of benzene rings is 2. The summed E-state index contributed by atoms with van der Waals surface area (Å²) < 4.78 is 12.5. The van der Waals surface area contributed by atoms with E-state index in [1.54, 1.807) is 36.4 Å². The summed E-state index contributed by atoms with van der Waals surface area (Å²) in [5.41, 5.74) is 5.06. The van der Waals surface area contributed by atoms with E-state index in [2.05, 4.69) is 42.7 Å². The molecule has 2 aromatic rings. The Hall–Kier alpha value is -2.06. The lowest BCUT2D eigenvalue weighted by atomic mass is 10.2. The molecule has 6 nitrogen and oxygen atoms in total. The third kappa shape index (κ3) is 6.34. The van der Waals surface area contributed by atoms with Crippen molar-refractivity contribution in [2.45, 2.75) is 13.3 Å². The van der Waals surface area contributed by atoms with Gasteiger partial charge in [-0.1, -0.05) is 22.9 Å². The standard InChI is InChI=1S/C18H18Br2N2O4/c1-2-9-25-14-6-3-12(4-7-14)18(24)22-21-17(23)11-26-16-8-5-13(19)10-15(16)20/h3-8,10H,2,9,11H2,1H3,(H,21,23)(H,22,24). The van der Waals surface area contributed by atoms with E-state index in [0.29, 0.717) is 28.1 Å². The van der Waals surface area contributed by atoms with Crippen LogP contribution in [0, 0.1) is 0 Å². The molecule has 0 fully saturated rings. The van der Waals surface area contributed by atoms with Gasteiger partial charge in [-0.3, -0.25) is 20.4 Å². The van der Waals surface area contributed by atoms with Gasteiger partial charge in [-0.2, -0.15) is 0 Å². The maximum Gasteiger partial charge on any atom is 0.276 e. The number of hydrazine groups is 1. The van der Waals surface area contributed by atoms with Gasteiger partial charge in [0.05, 0.1) is 11.1 Å². The fraction of sp³-hybridized carbons (Fsp3) is 0.222. The molecule has 2 rings (SSSR count). The first-order chi connectivity index (χ1) is 12.5. The molecule has 0 radical (unpaired) electrons. The average molecular weight is 486 g/mol. The largest absolute Gasteiger partial charge is 0.494 e. The number of ether oxygens (including phenoxy) is 2. The van der Waals surface area contributed by atoms with Gasteiger partial charge < -0.3 is 9.47 Å². The Morgan fingerprint density at radius 2 is 1.73 bits per heavy atom. The number of halogens is 2. The van der Waals surface area contributed by atoms with Crippen LogP contribution in [0.5, 0.6) is 11.5 Å². The van der Waals surface area contributed by atoms with Crippen LogP contribution in [-0.2, 0) is 4.79 Å². The highest BCUT2D eigenvalue weighted by atomic mass is 79.9. The average Bonchev–Trinajstić information content (AvgIpc) is 2.64. The Bertz CT molecular complexity index is 766. The molecule has 0 heterocycles. The maximum absolute atomic E-state index is 12.0. The third-order valence-corrected chi connectivity index (χ3v) is 4.27. The number of rotatable bonds is 7. The number of carbonyl (C=O) groups is 2. The van der Waals surface area contributed by atoms with Gasteiger partial charge in [0.15, 0.2) is 6.61 Å². The minimum Gasteiger partial charge on any atom is -0.494 e. The number of hydrogen-bond donors (Lipinski definition) is 2. The van der Waals surface area contributed by atoms with E-state index in [1.165, 1.54) is 0 Å². The Morgan fingerprint density at radius 1 is 1.00 bits per heavy atom. The van der Waals surface area contributed by atoms with Gasteiger partial charge in [0, 0.05) is 10.0 Å². The smallest absolute Gasteiger partial charge is 0.276 e. The van der Waals surface area contributed by atoms with Gasteiger partial charge >= 0.3 is 0 Å². The van der Waals surface area contributed by atoms with Crippen molar-refractivity contribution in [2.24, 2.45) is 0 Å². The summed E-state index contributed by atoms with van der Waals surface area (Å²) in [6.07, 6.45) is 0.910. The Balaban J connectivity index is 1.78. The number of carbonyl (C=O) groups excluding carboxylic acids is 2. The Kier molecular flexibility index (Phi) is 7.93. The molecule has 0 unspecified atom stereocenters. The van der Waals surface area contributed by atoms with Crippen molar-refractivity contribution in [3.05, 3.63) is 57.0 Å². The molecule has 0 aliphatic carbocycles. The molecule has 138 valence electrons. The first kappa shape index (κ1) is 20.3. The van der Waals surface area contributed by atoms with E-state index >= 15 is 0 Å². The monoisotopic (exact) mass is 484 g/mol. The summed E-state index contributed by atoms with van der Waals surface area (Å²) >= 11 is 6.68. The molecule has 2 N–H and O–H groups in total. The van der Waals surface area contributed by atoms with Crippen LogP contribution in [-0.4, -0.2) is 25.0 Å². The van der Waals surface area contributed by atoms with Crippen LogP contribution in [0.3, 0.4) is 0 Å². The number of nitrogens with one attached hydrogen (secondary N) is 2. The maximum atomic E-state index is 12.0. The highest BCUT2D eigenvalue weighted by Crippen LogP contribution is 2.28. The first-order valence-electron chi connectivity index (χ1n) is 7.89. The molecule has 0 spiro atoms. The third-order valence-electron chi connectivity index (χ3n) is 3.16. The van der Waals surface area contributed by atoms with Crippen molar-refractivity contribution < 1.29 is 19.1 Å². The zero-order valence-corrected chi connectivity index (χ0v) is 17.2. The van der Waals surface area contributed by atoms with Gasteiger partial charge in [0.25, 0.3) is 11.8 Å². The summed E-state index contributed by atoms with van der Waals surface area (Å²) in [5, 5.41) is 0. The van der Waals surface area contributed by atoms with E-state index in [1.807, 2.05) is 13.0 Å². The van der Waals surface area contributed by atoms with Crippen LogP contribution in [0.15, 0.2) is 51.4 Å². The zero-order chi connectivity index (χ0) is 18.9.